The summed E-state index contributed by atoms with van der Waals surface area (Å²) in [6.07, 6.45) is 0.188. The van der Waals surface area contributed by atoms with Crippen LogP contribution in [0.25, 0.3) is 0 Å². The molecule has 2 aromatic carbocycles. The largest absolute Gasteiger partial charge is 0.296 e. The van der Waals surface area contributed by atoms with Crippen LogP contribution in [0.4, 0.5) is 0 Å². The van der Waals surface area contributed by atoms with Crippen molar-refractivity contribution >= 4 is 29.4 Å². The fourth-order valence-electron chi connectivity index (χ4n) is 2.55. The summed E-state index contributed by atoms with van der Waals surface area (Å²) in [6, 6.07) is 14.0. The first-order chi connectivity index (χ1) is 11.5. The van der Waals surface area contributed by atoms with Crippen molar-refractivity contribution in [3.63, 3.8) is 0 Å². The van der Waals surface area contributed by atoms with Gasteiger partial charge in [0.25, 0.3) is 5.91 Å². The van der Waals surface area contributed by atoms with Crippen molar-refractivity contribution in [2.75, 3.05) is 0 Å². The van der Waals surface area contributed by atoms with Crippen LogP contribution >= 0.6 is 11.6 Å². The Morgan fingerprint density at radius 2 is 2.04 bits per heavy atom. The van der Waals surface area contributed by atoms with Crippen LogP contribution in [0.3, 0.4) is 0 Å². The van der Waals surface area contributed by atoms with E-state index < -0.39 is 6.04 Å². The Morgan fingerprint density at radius 3 is 2.79 bits per heavy atom. The van der Waals surface area contributed by atoms with Gasteiger partial charge in [-0.05, 0) is 30.7 Å². The Bertz CT molecular complexity index is 833. The Kier molecular flexibility index (Phi) is 4.62. The first kappa shape index (κ1) is 16.2. The summed E-state index contributed by atoms with van der Waals surface area (Å²) >= 11 is 6.18. The van der Waals surface area contributed by atoms with E-state index in [9.17, 15) is 9.59 Å². The van der Waals surface area contributed by atoms with Crippen molar-refractivity contribution in [2.45, 2.75) is 19.4 Å². The Hall–Kier alpha value is -2.66. The summed E-state index contributed by atoms with van der Waals surface area (Å²) in [5, 5.41) is 5.78. The third-order valence-corrected chi connectivity index (χ3v) is 4.04. The third-order valence-electron chi connectivity index (χ3n) is 3.70. The molecule has 2 aromatic rings. The van der Waals surface area contributed by atoms with Gasteiger partial charge in [-0.15, -0.1) is 0 Å². The minimum Gasteiger partial charge on any atom is -0.296 e. The second-order valence-corrected chi connectivity index (χ2v) is 6.00. The highest BCUT2D eigenvalue weighted by Gasteiger charge is 2.25. The molecule has 0 fully saturated rings. The highest BCUT2D eigenvalue weighted by molar-refractivity contribution is 6.31. The third kappa shape index (κ3) is 3.63. The molecule has 1 aliphatic rings. The van der Waals surface area contributed by atoms with Gasteiger partial charge in [-0.3, -0.25) is 20.2 Å². The topological polar surface area (TPSA) is 70.6 Å². The first-order valence-corrected chi connectivity index (χ1v) is 7.91. The van der Waals surface area contributed by atoms with Crippen LogP contribution < -0.4 is 10.6 Å². The van der Waals surface area contributed by atoms with E-state index in [-0.39, 0.29) is 24.2 Å². The quantitative estimate of drug-likeness (QED) is 0.881. The molecule has 1 atom stereocenters. The molecule has 1 aliphatic heterocycles. The number of aliphatic imine (C=N–C) groups is 1. The molecule has 0 spiro atoms. The zero-order valence-corrected chi connectivity index (χ0v) is 13.8. The summed E-state index contributed by atoms with van der Waals surface area (Å²) in [5.41, 5.74) is 2.24. The number of aryl methyl sites for hydroxylation is 1. The monoisotopic (exact) mass is 341 g/mol. The van der Waals surface area contributed by atoms with Crippen LogP contribution in [0.1, 0.15) is 33.9 Å². The van der Waals surface area contributed by atoms with Crippen LogP contribution in [-0.2, 0) is 4.79 Å². The maximum absolute atomic E-state index is 12.3. The van der Waals surface area contributed by atoms with Gasteiger partial charge >= 0.3 is 0 Å². The summed E-state index contributed by atoms with van der Waals surface area (Å²) in [6.45, 7) is 1.91. The Balaban J connectivity index is 1.83. The van der Waals surface area contributed by atoms with Crippen LogP contribution in [0.2, 0.25) is 5.02 Å². The van der Waals surface area contributed by atoms with Gasteiger partial charge in [0.05, 0.1) is 12.5 Å². The number of carbonyl (C=O) groups excluding carboxylic acids is 2. The highest BCUT2D eigenvalue weighted by atomic mass is 35.5. The number of hydrogen-bond donors (Lipinski definition) is 2. The maximum atomic E-state index is 12.3. The van der Waals surface area contributed by atoms with Crippen molar-refractivity contribution in [1.82, 2.24) is 10.6 Å². The van der Waals surface area contributed by atoms with Gasteiger partial charge in [-0.25, -0.2) is 4.99 Å². The molecule has 0 aliphatic carbocycles. The minimum atomic E-state index is -0.416. The number of hydrogen-bond acceptors (Lipinski definition) is 3. The molecule has 0 saturated carbocycles. The number of nitrogens with zero attached hydrogens (tertiary/aromatic N) is 1. The molecule has 5 nitrogen and oxygen atoms in total. The number of carbonyl (C=O) groups is 2. The summed E-state index contributed by atoms with van der Waals surface area (Å²) in [7, 11) is 0. The van der Waals surface area contributed by atoms with E-state index in [1.165, 1.54) is 0 Å². The van der Waals surface area contributed by atoms with Gasteiger partial charge in [-0.2, -0.15) is 0 Å². The molecule has 0 bridgehead atoms. The van der Waals surface area contributed by atoms with E-state index in [1.54, 1.807) is 24.3 Å². The summed E-state index contributed by atoms with van der Waals surface area (Å²) in [4.78, 5) is 28.7. The Labute approximate surface area is 144 Å². The SMILES string of the molecule is Cc1cccc(C(=O)NC2=NC(c3ccccc3Cl)CC(=O)N2)c1. The number of amides is 2. The van der Waals surface area contributed by atoms with Gasteiger partial charge in [0.2, 0.25) is 11.9 Å². The summed E-state index contributed by atoms with van der Waals surface area (Å²) in [5.74, 6) is -0.394. The fourth-order valence-corrected chi connectivity index (χ4v) is 2.81. The van der Waals surface area contributed by atoms with Gasteiger partial charge in [0.1, 0.15) is 0 Å². The number of rotatable bonds is 2. The normalized spacial score (nSPS) is 17.0. The van der Waals surface area contributed by atoms with Gasteiger partial charge < -0.3 is 0 Å². The number of guanidine groups is 1. The second-order valence-electron chi connectivity index (χ2n) is 5.59. The van der Waals surface area contributed by atoms with Crippen LogP contribution in [0.15, 0.2) is 53.5 Å². The summed E-state index contributed by atoms with van der Waals surface area (Å²) < 4.78 is 0. The van der Waals surface area contributed by atoms with E-state index in [2.05, 4.69) is 15.6 Å². The molecule has 2 amide bonds. The number of halogens is 1. The minimum absolute atomic E-state index is 0.141. The lowest BCUT2D eigenvalue weighted by Gasteiger charge is -2.22. The highest BCUT2D eigenvalue weighted by Crippen LogP contribution is 2.29. The number of nitrogens with one attached hydrogen (secondary N) is 2. The van der Waals surface area contributed by atoms with Gasteiger partial charge in [-0.1, -0.05) is 47.5 Å². The van der Waals surface area contributed by atoms with Crippen molar-refractivity contribution < 1.29 is 9.59 Å². The van der Waals surface area contributed by atoms with Gasteiger partial charge in [0.15, 0.2) is 0 Å². The molecule has 1 unspecified atom stereocenters. The lowest BCUT2D eigenvalue weighted by molar-refractivity contribution is -0.120. The lowest BCUT2D eigenvalue weighted by atomic mass is 10.0. The van der Waals surface area contributed by atoms with Crippen molar-refractivity contribution in [2.24, 2.45) is 4.99 Å². The molecule has 0 aromatic heterocycles. The second kappa shape index (κ2) is 6.84. The van der Waals surface area contributed by atoms with Crippen LogP contribution in [0.5, 0.6) is 0 Å². The van der Waals surface area contributed by atoms with Gasteiger partial charge in [0, 0.05) is 10.6 Å². The van der Waals surface area contributed by atoms with E-state index in [0.29, 0.717) is 10.6 Å². The molecule has 1 heterocycles. The standard InChI is InChI=1S/C18H16ClN3O2/c1-11-5-4-6-12(9-11)17(24)22-18-20-15(10-16(23)21-18)13-7-2-3-8-14(13)19/h2-9,15H,10H2,1H3,(H2,20,21,22,23,24). The van der Waals surface area contributed by atoms with Crippen molar-refractivity contribution in [3.05, 3.63) is 70.2 Å². The molecule has 24 heavy (non-hydrogen) atoms. The predicted molar refractivity (Wildman–Crippen MR) is 93.0 cm³/mol. The fraction of sp³-hybridized carbons (Fsp3) is 0.167. The lowest BCUT2D eigenvalue weighted by Crippen LogP contribution is -2.47. The molecule has 0 radical (unpaired) electrons. The van der Waals surface area contributed by atoms with Crippen molar-refractivity contribution in [3.8, 4) is 0 Å². The average Bonchev–Trinajstić information content (AvgIpc) is 2.54. The number of benzene rings is 2. The van der Waals surface area contributed by atoms with Crippen LogP contribution in [0, 0.1) is 6.92 Å². The molecule has 6 heteroatoms. The zero-order valence-electron chi connectivity index (χ0n) is 13.0. The molecular formula is C18H16ClN3O2. The predicted octanol–water partition coefficient (Wildman–Crippen LogP) is 3.00. The van der Waals surface area contributed by atoms with E-state index in [4.69, 9.17) is 11.6 Å². The van der Waals surface area contributed by atoms with E-state index in [1.807, 2.05) is 31.2 Å². The zero-order chi connectivity index (χ0) is 17.1. The molecule has 3 rings (SSSR count). The molecule has 122 valence electrons. The van der Waals surface area contributed by atoms with Crippen LogP contribution in [-0.4, -0.2) is 17.8 Å². The molecule has 0 saturated heterocycles. The van der Waals surface area contributed by atoms with Crippen molar-refractivity contribution in [1.29, 1.82) is 0 Å². The smallest absolute Gasteiger partial charge is 0.257 e. The Morgan fingerprint density at radius 1 is 1.25 bits per heavy atom. The first-order valence-electron chi connectivity index (χ1n) is 7.53. The van der Waals surface area contributed by atoms with E-state index >= 15 is 0 Å². The van der Waals surface area contributed by atoms with E-state index in [0.717, 1.165) is 11.1 Å². The molecule has 2 N–H and O–H groups in total. The molecular weight excluding hydrogens is 326 g/mol. The average molecular weight is 342 g/mol. The maximum Gasteiger partial charge on any atom is 0.257 e.